The molecule has 1 N–H and O–H groups in total. The van der Waals surface area contributed by atoms with Gasteiger partial charge >= 0.3 is 0 Å². The van der Waals surface area contributed by atoms with Crippen molar-refractivity contribution >= 4 is 5.91 Å². The highest BCUT2D eigenvalue weighted by Crippen LogP contribution is 2.35. The summed E-state index contributed by atoms with van der Waals surface area (Å²) in [4.78, 5) is 12.3. The van der Waals surface area contributed by atoms with E-state index in [0.717, 1.165) is 38.2 Å². The van der Waals surface area contributed by atoms with E-state index < -0.39 is 0 Å². The van der Waals surface area contributed by atoms with Gasteiger partial charge in [-0.2, -0.15) is 0 Å². The Morgan fingerprint density at radius 2 is 1.96 bits per heavy atom. The number of ether oxygens (including phenoxy) is 3. The van der Waals surface area contributed by atoms with Crippen LogP contribution in [0.1, 0.15) is 24.8 Å². The summed E-state index contributed by atoms with van der Waals surface area (Å²) in [5, 5.41) is 3.16. The molecule has 0 aliphatic carbocycles. The van der Waals surface area contributed by atoms with Gasteiger partial charge in [-0.05, 0) is 37.0 Å². The summed E-state index contributed by atoms with van der Waals surface area (Å²) in [7, 11) is 1.67. The molecule has 1 aromatic carbocycles. The highest BCUT2D eigenvalue weighted by molar-refractivity contribution is 5.79. The second-order valence-electron chi connectivity index (χ2n) is 6.40. The zero-order valence-corrected chi connectivity index (χ0v) is 13.7. The first-order valence-corrected chi connectivity index (χ1v) is 8.31. The number of amides is 1. The molecule has 5 heteroatoms. The van der Waals surface area contributed by atoms with Crippen molar-refractivity contribution in [3.05, 3.63) is 29.8 Å². The summed E-state index contributed by atoms with van der Waals surface area (Å²) in [6.45, 7) is 3.35. The van der Waals surface area contributed by atoms with Crippen molar-refractivity contribution in [2.45, 2.75) is 24.7 Å². The minimum atomic E-state index is -0.0559. The Bertz CT molecular complexity index is 516. The first-order valence-electron chi connectivity index (χ1n) is 8.31. The Morgan fingerprint density at radius 1 is 1.22 bits per heavy atom. The lowest BCUT2D eigenvalue weighted by Crippen LogP contribution is -2.46. The third kappa shape index (κ3) is 3.67. The van der Waals surface area contributed by atoms with Gasteiger partial charge in [0.05, 0.1) is 19.6 Å². The van der Waals surface area contributed by atoms with E-state index in [1.807, 2.05) is 12.1 Å². The van der Waals surface area contributed by atoms with E-state index in [-0.39, 0.29) is 17.2 Å². The van der Waals surface area contributed by atoms with Crippen LogP contribution in [0.3, 0.4) is 0 Å². The van der Waals surface area contributed by atoms with Crippen LogP contribution in [0.4, 0.5) is 0 Å². The van der Waals surface area contributed by atoms with Crippen LogP contribution in [0.25, 0.3) is 0 Å². The number of benzene rings is 1. The predicted molar refractivity (Wildman–Crippen MR) is 86.7 cm³/mol. The standard InChI is InChI=1S/C18H25NO4/c1-21-16-4-2-15(3-5-16)18(7-10-22-11-8-18)13-19-17(20)14-6-9-23-12-14/h2-5,14H,6-13H2,1H3,(H,19,20)/t14-/m0/s1. The van der Waals surface area contributed by atoms with Crippen molar-refractivity contribution in [1.29, 1.82) is 0 Å². The molecule has 2 heterocycles. The molecule has 2 aliphatic heterocycles. The lowest BCUT2D eigenvalue weighted by atomic mass is 9.74. The molecule has 0 spiro atoms. The molecule has 2 saturated heterocycles. The van der Waals surface area contributed by atoms with Crippen molar-refractivity contribution < 1.29 is 19.0 Å². The summed E-state index contributed by atoms with van der Waals surface area (Å²) in [5.41, 5.74) is 1.18. The number of rotatable bonds is 5. The highest BCUT2D eigenvalue weighted by atomic mass is 16.5. The van der Waals surface area contributed by atoms with Crippen LogP contribution in [-0.2, 0) is 19.7 Å². The van der Waals surface area contributed by atoms with E-state index in [9.17, 15) is 4.79 Å². The SMILES string of the molecule is COc1ccc(C2(CNC(=O)[C@H]3CCOC3)CCOCC2)cc1. The Balaban J connectivity index is 1.71. The Kier molecular flexibility index (Phi) is 5.18. The van der Waals surface area contributed by atoms with Crippen LogP contribution in [0.15, 0.2) is 24.3 Å². The number of hydrogen-bond acceptors (Lipinski definition) is 4. The molecule has 0 saturated carbocycles. The van der Waals surface area contributed by atoms with Crippen LogP contribution in [0.2, 0.25) is 0 Å². The molecule has 2 aliphatic rings. The molecule has 0 aromatic heterocycles. The fourth-order valence-corrected chi connectivity index (χ4v) is 3.42. The van der Waals surface area contributed by atoms with Crippen molar-refractivity contribution in [2.24, 2.45) is 5.92 Å². The van der Waals surface area contributed by atoms with E-state index >= 15 is 0 Å². The van der Waals surface area contributed by atoms with E-state index in [1.165, 1.54) is 5.56 Å². The smallest absolute Gasteiger partial charge is 0.225 e. The van der Waals surface area contributed by atoms with Gasteiger partial charge in [-0.25, -0.2) is 0 Å². The molecular weight excluding hydrogens is 294 g/mol. The first kappa shape index (κ1) is 16.3. The van der Waals surface area contributed by atoms with Gasteiger partial charge < -0.3 is 19.5 Å². The number of carbonyl (C=O) groups is 1. The summed E-state index contributed by atoms with van der Waals surface area (Å²) in [6.07, 6.45) is 2.66. The number of nitrogens with one attached hydrogen (secondary N) is 1. The van der Waals surface area contributed by atoms with Gasteiger partial charge in [-0.3, -0.25) is 4.79 Å². The third-order valence-corrected chi connectivity index (χ3v) is 5.05. The molecule has 0 unspecified atom stereocenters. The maximum atomic E-state index is 12.3. The first-order chi connectivity index (χ1) is 11.2. The van der Waals surface area contributed by atoms with Crippen LogP contribution < -0.4 is 10.1 Å². The van der Waals surface area contributed by atoms with E-state index in [4.69, 9.17) is 14.2 Å². The molecule has 0 bridgehead atoms. The van der Waals surface area contributed by atoms with Gasteiger partial charge in [0.25, 0.3) is 0 Å². The van der Waals surface area contributed by atoms with E-state index in [2.05, 4.69) is 17.4 Å². The normalized spacial score (nSPS) is 23.4. The minimum Gasteiger partial charge on any atom is -0.497 e. The lowest BCUT2D eigenvalue weighted by molar-refractivity contribution is -0.125. The van der Waals surface area contributed by atoms with Crippen molar-refractivity contribution in [3.63, 3.8) is 0 Å². The van der Waals surface area contributed by atoms with Crippen molar-refractivity contribution in [1.82, 2.24) is 5.32 Å². The van der Waals surface area contributed by atoms with Crippen LogP contribution >= 0.6 is 0 Å². The number of carbonyl (C=O) groups excluding carboxylic acids is 1. The molecule has 23 heavy (non-hydrogen) atoms. The lowest BCUT2D eigenvalue weighted by Gasteiger charge is -2.38. The summed E-state index contributed by atoms with van der Waals surface area (Å²) in [6, 6.07) is 8.18. The van der Waals surface area contributed by atoms with Gasteiger partial charge in [0, 0.05) is 31.8 Å². The second-order valence-corrected chi connectivity index (χ2v) is 6.40. The largest absolute Gasteiger partial charge is 0.497 e. The predicted octanol–water partition coefficient (Wildman–Crippen LogP) is 1.90. The van der Waals surface area contributed by atoms with Crippen molar-refractivity contribution in [2.75, 3.05) is 40.1 Å². The summed E-state index contributed by atoms with van der Waals surface area (Å²) in [5.74, 6) is 0.965. The highest BCUT2D eigenvalue weighted by Gasteiger charge is 2.35. The fraction of sp³-hybridized carbons (Fsp3) is 0.611. The van der Waals surface area contributed by atoms with Crippen LogP contribution in [0.5, 0.6) is 5.75 Å². The maximum Gasteiger partial charge on any atom is 0.225 e. The van der Waals surface area contributed by atoms with Gasteiger partial charge in [0.1, 0.15) is 5.75 Å². The molecule has 2 fully saturated rings. The van der Waals surface area contributed by atoms with E-state index in [0.29, 0.717) is 19.8 Å². The summed E-state index contributed by atoms with van der Waals surface area (Å²) < 4.78 is 16.1. The average Bonchev–Trinajstić information content (AvgIpc) is 3.15. The Hall–Kier alpha value is -1.59. The zero-order valence-electron chi connectivity index (χ0n) is 13.7. The topological polar surface area (TPSA) is 56.8 Å². The van der Waals surface area contributed by atoms with Gasteiger partial charge in [0.2, 0.25) is 5.91 Å². The molecule has 126 valence electrons. The number of methoxy groups -OCH3 is 1. The van der Waals surface area contributed by atoms with Crippen LogP contribution in [-0.4, -0.2) is 46.0 Å². The van der Waals surface area contributed by atoms with Gasteiger partial charge in [-0.1, -0.05) is 12.1 Å². The van der Waals surface area contributed by atoms with Gasteiger partial charge in [0.15, 0.2) is 0 Å². The Morgan fingerprint density at radius 3 is 2.57 bits per heavy atom. The third-order valence-electron chi connectivity index (χ3n) is 5.05. The molecule has 1 aromatic rings. The monoisotopic (exact) mass is 319 g/mol. The average molecular weight is 319 g/mol. The maximum absolute atomic E-state index is 12.3. The molecule has 1 amide bonds. The van der Waals surface area contributed by atoms with E-state index in [1.54, 1.807) is 7.11 Å². The molecule has 3 rings (SSSR count). The summed E-state index contributed by atoms with van der Waals surface area (Å²) >= 11 is 0. The minimum absolute atomic E-state index is 0.00255. The van der Waals surface area contributed by atoms with Crippen LogP contribution in [0, 0.1) is 5.92 Å². The zero-order chi connectivity index (χ0) is 16.1. The van der Waals surface area contributed by atoms with Gasteiger partial charge in [-0.15, -0.1) is 0 Å². The number of hydrogen-bond donors (Lipinski definition) is 1. The van der Waals surface area contributed by atoms with Crippen molar-refractivity contribution in [3.8, 4) is 5.75 Å². The molecule has 5 nitrogen and oxygen atoms in total. The molecule has 0 radical (unpaired) electrons. The quantitative estimate of drug-likeness (QED) is 0.900. The Labute approximate surface area is 137 Å². The molecule has 1 atom stereocenters. The molecular formula is C18H25NO4. The second kappa shape index (κ2) is 7.32. The fourth-order valence-electron chi connectivity index (χ4n) is 3.42.